The molecule has 2 aromatic rings. The van der Waals surface area contributed by atoms with Gasteiger partial charge in [-0.15, -0.1) is 0 Å². The zero-order chi connectivity index (χ0) is 17.8. The van der Waals surface area contributed by atoms with E-state index in [-0.39, 0.29) is 12.1 Å². The summed E-state index contributed by atoms with van der Waals surface area (Å²) in [4.78, 5) is 13.3. The molecule has 25 heavy (non-hydrogen) atoms. The van der Waals surface area contributed by atoms with Crippen molar-refractivity contribution in [2.24, 2.45) is 5.73 Å². The van der Waals surface area contributed by atoms with Gasteiger partial charge in [-0.1, -0.05) is 24.3 Å². The first-order valence-corrected chi connectivity index (χ1v) is 8.67. The van der Waals surface area contributed by atoms with Crippen LogP contribution in [0.3, 0.4) is 0 Å². The Morgan fingerprint density at radius 3 is 2.88 bits per heavy atom. The number of primary amides is 1. The maximum absolute atomic E-state index is 11.7. The van der Waals surface area contributed by atoms with Crippen LogP contribution in [0, 0.1) is 0 Å². The number of anilines is 2. The minimum absolute atomic E-state index is 0.222. The average Bonchev–Trinajstić information content (AvgIpc) is 2.61. The van der Waals surface area contributed by atoms with E-state index in [1.54, 1.807) is 12.0 Å². The van der Waals surface area contributed by atoms with Gasteiger partial charge in [0, 0.05) is 18.3 Å². The molecule has 3 N–H and O–H groups in total. The molecule has 0 saturated carbocycles. The fourth-order valence-electron chi connectivity index (χ4n) is 3.43. The summed E-state index contributed by atoms with van der Waals surface area (Å²) in [7, 11) is 1.69. The molecule has 1 atom stereocenters. The number of amides is 2. The normalized spacial score (nSPS) is 14.6. The van der Waals surface area contributed by atoms with Gasteiger partial charge in [-0.2, -0.15) is 0 Å². The predicted octanol–water partition coefficient (Wildman–Crippen LogP) is 3.57. The quantitative estimate of drug-likeness (QED) is 0.875. The van der Waals surface area contributed by atoms with Crippen LogP contribution in [-0.4, -0.2) is 25.7 Å². The van der Waals surface area contributed by atoms with Crippen molar-refractivity contribution in [3.05, 3.63) is 53.6 Å². The lowest BCUT2D eigenvalue weighted by molar-refractivity contribution is 0.253. The van der Waals surface area contributed by atoms with Gasteiger partial charge in [-0.25, -0.2) is 4.79 Å². The molecule has 0 fully saturated rings. The molecule has 0 aliphatic carbocycles. The molecule has 132 valence electrons. The Kier molecular flexibility index (Phi) is 5.12. The average molecular weight is 339 g/mol. The number of ether oxygens (including phenoxy) is 1. The lowest BCUT2D eigenvalue weighted by Gasteiger charge is -2.29. The van der Waals surface area contributed by atoms with Crippen molar-refractivity contribution < 1.29 is 9.53 Å². The highest BCUT2D eigenvalue weighted by molar-refractivity contribution is 5.92. The lowest BCUT2D eigenvalue weighted by atomic mass is 10.0. The Hall–Kier alpha value is -2.69. The number of nitrogens with zero attached hydrogens (tertiary/aromatic N) is 1. The smallest absolute Gasteiger partial charge is 0.319 e. The molecule has 0 aromatic heterocycles. The second kappa shape index (κ2) is 7.47. The molecule has 1 aliphatic heterocycles. The number of para-hydroxylation sites is 1. The standard InChI is InChI=1S/C20H25N3O2/c1-14(12-16-6-3-4-8-19(16)25-2)22-17-10-9-15-7-5-11-23(20(21)24)18(15)13-17/h3-4,6,8-10,13-14,22H,5,7,11-12H2,1-2H3,(H2,21,24). The van der Waals surface area contributed by atoms with Crippen LogP contribution in [0.15, 0.2) is 42.5 Å². The number of benzene rings is 2. The van der Waals surface area contributed by atoms with Gasteiger partial charge in [0.05, 0.1) is 12.8 Å². The van der Waals surface area contributed by atoms with Crippen LogP contribution in [0.25, 0.3) is 0 Å². The van der Waals surface area contributed by atoms with Gasteiger partial charge in [-0.3, -0.25) is 4.90 Å². The summed E-state index contributed by atoms with van der Waals surface area (Å²) in [5.74, 6) is 0.904. The molecular formula is C20H25N3O2. The zero-order valence-corrected chi connectivity index (χ0v) is 14.8. The SMILES string of the molecule is COc1ccccc1CC(C)Nc1ccc2c(c1)N(C(N)=O)CCC2. The van der Waals surface area contributed by atoms with Crippen molar-refractivity contribution in [3.8, 4) is 5.75 Å². The van der Waals surface area contributed by atoms with E-state index in [2.05, 4.69) is 30.4 Å². The van der Waals surface area contributed by atoms with Crippen LogP contribution in [0.2, 0.25) is 0 Å². The van der Waals surface area contributed by atoms with Gasteiger partial charge < -0.3 is 15.8 Å². The van der Waals surface area contributed by atoms with Crippen molar-refractivity contribution in [1.29, 1.82) is 0 Å². The van der Waals surface area contributed by atoms with Crippen molar-refractivity contribution >= 4 is 17.4 Å². The molecule has 5 heteroatoms. The molecule has 0 spiro atoms. The highest BCUT2D eigenvalue weighted by atomic mass is 16.5. The van der Waals surface area contributed by atoms with E-state index in [4.69, 9.17) is 10.5 Å². The Balaban J connectivity index is 1.74. The van der Waals surface area contributed by atoms with Gasteiger partial charge in [0.1, 0.15) is 5.75 Å². The largest absolute Gasteiger partial charge is 0.496 e. The van der Waals surface area contributed by atoms with Crippen LogP contribution < -0.4 is 20.7 Å². The number of hydrogen-bond acceptors (Lipinski definition) is 3. The molecule has 2 amide bonds. The van der Waals surface area contributed by atoms with Crippen molar-refractivity contribution in [2.45, 2.75) is 32.2 Å². The number of nitrogens with two attached hydrogens (primary N) is 1. The van der Waals surface area contributed by atoms with E-state index in [0.29, 0.717) is 6.54 Å². The summed E-state index contributed by atoms with van der Waals surface area (Å²) in [5, 5.41) is 3.52. The van der Waals surface area contributed by atoms with E-state index in [0.717, 1.165) is 36.4 Å². The Morgan fingerprint density at radius 1 is 1.32 bits per heavy atom. The minimum atomic E-state index is -0.389. The number of rotatable bonds is 5. The molecule has 2 aromatic carbocycles. The zero-order valence-electron chi connectivity index (χ0n) is 14.8. The third-order valence-electron chi connectivity index (χ3n) is 4.60. The summed E-state index contributed by atoms with van der Waals surface area (Å²) in [6, 6.07) is 14.1. The Labute approximate surface area is 148 Å². The first kappa shape index (κ1) is 17.1. The van der Waals surface area contributed by atoms with E-state index < -0.39 is 0 Å². The lowest BCUT2D eigenvalue weighted by Crippen LogP contribution is -2.39. The minimum Gasteiger partial charge on any atom is -0.496 e. The second-order valence-electron chi connectivity index (χ2n) is 6.50. The summed E-state index contributed by atoms with van der Waals surface area (Å²) >= 11 is 0. The number of urea groups is 1. The van der Waals surface area contributed by atoms with Crippen LogP contribution in [0.1, 0.15) is 24.5 Å². The number of hydrogen-bond donors (Lipinski definition) is 2. The third-order valence-corrected chi connectivity index (χ3v) is 4.60. The number of nitrogens with one attached hydrogen (secondary N) is 1. The summed E-state index contributed by atoms with van der Waals surface area (Å²) in [6.45, 7) is 2.82. The molecule has 3 rings (SSSR count). The Bertz CT molecular complexity index is 760. The molecule has 0 saturated heterocycles. The van der Waals surface area contributed by atoms with Crippen molar-refractivity contribution in [3.63, 3.8) is 0 Å². The molecule has 1 unspecified atom stereocenters. The number of fused-ring (bicyclic) bond motifs is 1. The topological polar surface area (TPSA) is 67.6 Å². The predicted molar refractivity (Wildman–Crippen MR) is 101 cm³/mol. The monoisotopic (exact) mass is 339 g/mol. The van der Waals surface area contributed by atoms with Gasteiger partial charge in [0.2, 0.25) is 0 Å². The maximum Gasteiger partial charge on any atom is 0.319 e. The first-order valence-electron chi connectivity index (χ1n) is 8.67. The van der Waals surface area contributed by atoms with Crippen LogP contribution >= 0.6 is 0 Å². The molecule has 0 radical (unpaired) electrons. The third kappa shape index (κ3) is 3.87. The van der Waals surface area contributed by atoms with E-state index >= 15 is 0 Å². The number of aryl methyl sites for hydroxylation is 1. The van der Waals surface area contributed by atoms with Crippen molar-refractivity contribution in [2.75, 3.05) is 23.9 Å². The molecular weight excluding hydrogens is 314 g/mol. The highest BCUT2D eigenvalue weighted by Gasteiger charge is 2.21. The molecule has 1 heterocycles. The molecule has 5 nitrogen and oxygen atoms in total. The van der Waals surface area contributed by atoms with Gasteiger partial charge >= 0.3 is 6.03 Å². The van der Waals surface area contributed by atoms with Gasteiger partial charge in [0.25, 0.3) is 0 Å². The van der Waals surface area contributed by atoms with Crippen LogP contribution in [0.5, 0.6) is 5.75 Å². The van der Waals surface area contributed by atoms with E-state index in [1.165, 1.54) is 11.1 Å². The number of carbonyl (C=O) groups is 1. The summed E-state index contributed by atoms with van der Waals surface area (Å²) < 4.78 is 5.43. The first-order chi connectivity index (χ1) is 12.1. The maximum atomic E-state index is 11.7. The summed E-state index contributed by atoms with van der Waals surface area (Å²) in [6.07, 6.45) is 2.78. The fourth-order valence-corrected chi connectivity index (χ4v) is 3.43. The van der Waals surface area contributed by atoms with E-state index in [1.807, 2.05) is 24.3 Å². The molecule has 1 aliphatic rings. The fraction of sp³-hybridized carbons (Fsp3) is 0.350. The number of methoxy groups -OCH3 is 1. The summed E-state index contributed by atoms with van der Waals surface area (Å²) in [5.41, 5.74) is 9.78. The van der Waals surface area contributed by atoms with Crippen LogP contribution in [0.4, 0.5) is 16.2 Å². The van der Waals surface area contributed by atoms with Gasteiger partial charge in [0.15, 0.2) is 0 Å². The van der Waals surface area contributed by atoms with E-state index in [9.17, 15) is 4.79 Å². The highest BCUT2D eigenvalue weighted by Crippen LogP contribution is 2.30. The Morgan fingerprint density at radius 2 is 2.12 bits per heavy atom. The second-order valence-corrected chi connectivity index (χ2v) is 6.50. The van der Waals surface area contributed by atoms with Gasteiger partial charge in [-0.05, 0) is 55.5 Å². The van der Waals surface area contributed by atoms with Crippen LogP contribution in [-0.2, 0) is 12.8 Å². The number of carbonyl (C=O) groups excluding carboxylic acids is 1. The van der Waals surface area contributed by atoms with Crippen molar-refractivity contribution in [1.82, 2.24) is 0 Å². The molecule has 0 bridgehead atoms.